The minimum absolute atomic E-state index is 0.128. The lowest BCUT2D eigenvalue weighted by molar-refractivity contribution is -0.124. The van der Waals surface area contributed by atoms with Gasteiger partial charge < -0.3 is 19.5 Å². The predicted molar refractivity (Wildman–Crippen MR) is 95.1 cm³/mol. The fourth-order valence-electron chi connectivity index (χ4n) is 2.91. The van der Waals surface area contributed by atoms with Crippen molar-refractivity contribution >= 4 is 29.2 Å². The van der Waals surface area contributed by atoms with E-state index in [2.05, 4.69) is 5.32 Å². The molecule has 0 saturated carbocycles. The number of fused-ring (bicyclic) bond motifs is 2. The number of rotatable bonds is 3. The Labute approximate surface area is 154 Å². The van der Waals surface area contributed by atoms with E-state index in [0.29, 0.717) is 36.1 Å². The van der Waals surface area contributed by atoms with Crippen LogP contribution >= 0.6 is 0 Å². The van der Waals surface area contributed by atoms with Crippen LogP contribution in [0.2, 0.25) is 0 Å². The second-order valence-electron chi connectivity index (χ2n) is 5.98. The maximum absolute atomic E-state index is 12.5. The molecule has 0 bridgehead atoms. The summed E-state index contributed by atoms with van der Waals surface area (Å²) in [6, 6.07) is 11.6. The fourth-order valence-corrected chi connectivity index (χ4v) is 2.91. The number of nitrogens with one attached hydrogen (secondary N) is 1. The molecule has 0 aliphatic carbocycles. The maximum atomic E-state index is 12.5. The lowest BCUT2D eigenvalue weighted by Crippen LogP contribution is -2.44. The van der Waals surface area contributed by atoms with E-state index in [1.807, 2.05) is 0 Å². The van der Waals surface area contributed by atoms with Crippen molar-refractivity contribution in [2.75, 3.05) is 36.6 Å². The van der Waals surface area contributed by atoms with Gasteiger partial charge in [0.1, 0.15) is 19.8 Å². The van der Waals surface area contributed by atoms with Crippen molar-refractivity contribution in [1.82, 2.24) is 0 Å². The zero-order valence-corrected chi connectivity index (χ0v) is 14.3. The molecule has 2 aliphatic heterocycles. The normalized spacial score (nSPS) is 14.8. The number of hydrogen-bond acceptors (Lipinski definition) is 6. The van der Waals surface area contributed by atoms with E-state index in [1.54, 1.807) is 36.4 Å². The number of carbonyl (C=O) groups is 3. The molecule has 2 aromatic rings. The summed E-state index contributed by atoms with van der Waals surface area (Å²) < 4.78 is 16.0. The summed E-state index contributed by atoms with van der Waals surface area (Å²) in [6.45, 7) is 0.253. The molecule has 2 heterocycles. The highest BCUT2D eigenvalue weighted by Crippen LogP contribution is 2.31. The highest BCUT2D eigenvalue weighted by Gasteiger charge is 2.27. The van der Waals surface area contributed by atoms with Crippen LogP contribution < -0.4 is 19.7 Å². The molecule has 138 valence electrons. The molecule has 0 saturated heterocycles. The van der Waals surface area contributed by atoms with Crippen LogP contribution in [0.3, 0.4) is 0 Å². The Morgan fingerprint density at radius 3 is 2.70 bits per heavy atom. The average molecular weight is 368 g/mol. The van der Waals surface area contributed by atoms with E-state index in [-0.39, 0.29) is 18.0 Å². The summed E-state index contributed by atoms with van der Waals surface area (Å²) >= 11 is 0. The van der Waals surface area contributed by atoms with Crippen LogP contribution in [0.1, 0.15) is 10.4 Å². The van der Waals surface area contributed by atoms with Gasteiger partial charge in [0.2, 0.25) is 5.91 Å². The SMILES string of the molecule is O=C1CN(C(=O)COC(=O)c2ccc3c(c2)OCCO3)c2ccccc2N1. The number of nitrogens with zero attached hydrogens (tertiary/aromatic N) is 1. The Morgan fingerprint density at radius 1 is 1.07 bits per heavy atom. The van der Waals surface area contributed by atoms with E-state index in [0.717, 1.165) is 0 Å². The quantitative estimate of drug-likeness (QED) is 0.827. The Morgan fingerprint density at radius 2 is 1.85 bits per heavy atom. The first-order valence-electron chi connectivity index (χ1n) is 8.38. The second-order valence-corrected chi connectivity index (χ2v) is 5.98. The smallest absolute Gasteiger partial charge is 0.338 e. The minimum Gasteiger partial charge on any atom is -0.486 e. The minimum atomic E-state index is -0.657. The van der Waals surface area contributed by atoms with Gasteiger partial charge in [0.05, 0.1) is 16.9 Å². The highest BCUT2D eigenvalue weighted by atomic mass is 16.6. The van der Waals surface area contributed by atoms with Crippen LogP contribution in [-0.2, 0) is 14.3 Å². The number of anilines is 2. The number of hydrogen-bond donors (Lipinski definition) is 1. The van der Waals surface area contributed by atoms with Gasteiger partial charge in [-0.3, -0.25) is 14.5 Å². The number of ether oxygens (including phenoxy) is 3. The van der Waals surface area contributed by atoms with Gasteiger partial charge in [-0.1, -0.05) is 12.1 Å². The van der Waals surface area contributed by atoms with E-state index < -0.39 is 18.5 Å². The third-order valence-corrected chi connectivity index (χ3v) is 4.18. The second kappa shape index (κ2) is 6.99. The van der Waals surface area contributed by atoms with Gasteiger partial charge in [0.25, 0.3) is 5.91 Å². The number of amides is 2. The third kappa shape index (κ3) is 3.41. The maximum Gasteiger partial charge on any atom is 0.338 e. The van der Waals surface area contributed by atoms with Crippen LogP contribution in [0.15, 0.2) is 42.5 Å². The van der Waals surface area contributed by atoms with Gasteiger partial charge in [-0.25, -0.2) is 4.79 Å². The molecule has 2 aliphatic rings. The first-order valence-corrected chi connectivity index (χ1v) is 8.38. The number of para-hydroxylation sites is 2. The first kappa shape index (κ1) is 16.9. The summed E-state index contributed by atoms with van der Waals surface area (Å²) in [7, 11) is 0. The molecule has 8 heteroatoms. The van der Waals surface area contributed by atoms with Crippen molar-refractivity contribution in [3.63, 3.8) is 0 Å². The van der Waals surface area contributed by atoms with E-state index in [1.165, 1.54) is 11.0 Å². The molecule has 2 amide bonds. The van der Waals surface area contributed by atoms with E-state index in [4.69, 9.17) is 14.2 Å². The van der Waals surface area contributed by atoms with Crippen LogP contribution in [0.25, 0.3) is 0 Å². The molecule has 0 spiro atoms. The molecule has 1 N–H and O–H groups in total. The summed E-state index contributed by atoms with van der Waals surface area (Å²) in [4.78, 5) is 37.9. The van der Waals surface area contributed by atoms with Crippen LogP contribution in [0, 0.1) is 0 Å². The molecule has 0 unspecified atom stereocenters. The highest BCUT2D eigenvalue weighted by molar-refractivity contribution is 6.10. The van der Waals surface area contributed by atoms with Crippen LogP contribution in [0.5, 0.6) is 11.5 Å². The van der Waals surface area contributed by atoms with Crippen molar-refractivity contribution in [2.24, 2.45) is 0 Å². The van der Waals surface area contributed by atoms with Crippen molar-refractivity contribution in [1.29, 1.82) is 0 Å². The predicted octanol–water partition coefficient (Wildman–Crippen LogP) is 1.60. The number of benzene rings is 2. The lowest BCUT2D eigenvalue weighted by atomic mass is 10.2. The van der Waals surface area contributed by atoms with Crippen molar-refractivity contribution in [2.45, 2.75) is 0 Å². The molecular formula is C19H16N2O6. The molecule has 0 aromatic heterocycles. The molecular weight excluding hydrogens is 352 g/mol. The molecule has 0 atom stereocenters. The van der Waals surface area contributed by atoms with E-state index >= 15 is 0 Å². The molecule has 8 nitrogen and oxygen atoms in total. The summed E-state index contributed by atoms with van der Waals surface area (Å²) in [6.07, 6.45) is 0. The van der Waals surface area contributed by atoms with Gasteiger partial charge in [0, 0.05) is 0 Å². The number of esters is 1. The van der Waals surface area contributed by atoms with E-state index in [9.17, 15) is 14.4 Å². The molecule has 4 rings (SSSR count). The standard InChI is InChI=1S/C19H16N2O6/c22-17-10-21(14-4-2-1-3-13(14)20-17)18(23)11-27-19(24)12-5-6-15-16(9-12)26-8-7-25-15/h1-6,9H,7-8,10-11H2,(H,20,22). The molecule has 27 heavy (non-hydrogen) atoms. The Hall–Kier alpha value is -3.55. The Bertz CT molecular complexity index is 926. The fraction of sp³-hybridized carbons (Fsp3) is 0.211. The van der Waals surface area contributed by atoms with Gasteiger partial charge in [-0.15, -0.1) is 0 Å². The van der Waals surface area contributed by atoms with Crippen LogP contribution in [-0.4, -0.2) is 44.1 Å². The largest absolute Gasteiger partial charge is 0.486 e. The molecule has 0 radical (unpaired) electrons. The Kier molecular flexibility index (Phi) is 4.37. The summed E-state index contributed by atoms with van der Waals surface area (Å²) in [5.74, 6) is -0.424. The Balaban J connectivity index is 1.44. The van der Waals surface area contributed by atoms with Crippen LogP contribution in [0.4, 0.5) is 11.4 Å². The van der Waals surface area contributed by atoms with Gasteiger partial charge >= 0.3 is 5.97 Å². The zero-order valence-electron chi connectivity index (χ0n) is 14.3. The zero-order chi connectivity index (χ0) is 18.8. The average Bonchev–Trinajstić information content (AvgIpc) is 2.70. The summed E-state index contributed by atoms with van der Waals surface area (Å²) in [5, 5.41) is 2.70. The van der Waals surface area contributed by atoms with Crippen molar-refractivity contribution in [3.8, 4) is 11.5 Å². The monoisotopic (exact) mass is 368 g/mol. The first-order chi connectivity index (χ1) is 13.1. The number of carbonyl (C=O) groups excluding carboxylic acids is 3. The lowest BCUT2D eigenvalue weighted by Gasteiger charge is -2.28. The van der Waals surface area contributed by atoms with Gasteiger partial charge in [-0.2, -0.15) is 0 Å². The van der Waals surface area contributed by atoms with Gasteiger partial charge in [-0.05, 0) is 30.3 Å². The molecule has 2 aromatic carbocycles. The van der Waals surface area contributed by atoms with Gasteiger partial charge in [0.15, 0.2) is 18.1 Å². The topological polar surface area (TPSA) is 94.2 Å². The third-order valence-electron chi connectivity index (χ3n) is 4.18. The molecule has 0 fully saturated rings. The summed E-state index contributed by atoms with van der Waals surface area (Å²) in [5.41, 5.74) is 1.36. The van der Waals surface area contributed by atoms with Crippen molar-refractivity contribution < 1.29 is 28.6 Å². The van der Waals surface area contributed by atoms with Crippen molar-refractivity contribution in [3.05, 3.63) is 48.0 Å².